The summed E-state index contributed by atoms with van der Waals surface area (Å²) >= 11 is 0. The second-order valence-corrected chi connectivity index (χ2v) is 5.80. The highest BCUT2D eigenvalue weighted by molar-refractivity contribution is 5.82. The van der Waals surface area contributed by atoms with Gasteiger partial charge in [-0.25, -0.2) is 9.59 Å². The van der Waals surface area contributed by atoms with Gasteiger partial charge in [-0.05, 0) is 44.8 Å². The lowest BCUT2D eigenvalue weighted by Crippen LogP contribution is -2.50. The number of nitrogens with zero attached hydrogens (tertiary/aromatic N) is 1. The van der Waals surface area contributed by atoms with Crippen LogP contribution in [0.3, 0.4) is 0 Å². The molecule has 6 heteroatoms. The SMILES string of the molecule is CC[C@H](C)[C@H](NC(=O)NCC1CCN(C)CC1)C(=O)O. The average molecular weight is 285 g/mol. The average Bonchev–Trinajstić information content (AvgIpc) is 2.43. The lowest BCUT2D eigenvalue weighted by Gasteiger charge is -2.29. The van der Waals surface area contributed by atoms with E-state index in [9.17, 15) is 9.59 Å². The molecule has 0 aromatic heterocycles. The molecule has 0 aromatic rings. The first-order chi connectivity index (χ1) is 9.43. The number of rotatable bonds is 6. The van der Waals surface area contributed by atoms with E-state index >= 15 is 0 Å². The molecule has 3 N–H and O–H groups in total. The van der Waals surface area contributed by atoms with Crippen molar-refractivity contribution in [1.29, 1.82) is 0 Å². The summed E-state index contributed by atoms with van der Waals surface area (Å²) in [6.45, 7) is 6.47. The van der Waals surface area contributed by atoms with Crippen LogP contribution in [0.1, 0.15) is 33.1 Å². The van der Waals surface area contributed by atoms with Crippen LogP contribution in [0, 0.1) is 11.8 Å². The Morgan fingerprint density at radius 3 is 2.45 bits per heavy atom. The number of amides is 2. The van der Waals surface area contributed by atoms with Crippen LogP contribution in [0.2, 0.25) is 0 Å². The van der Waals surface area contributed by atoms with Gasteiger partial charge in [-0.1, -0.05) is 20.3 Å². The predicted octanol–water partition coefficient (Wildman–Crippen LogP) is 1.13. The molecule has 0 unspecified atom stereocenters. The van der Waals surface area contributed by atoms with Crippen molar-refractivity contribution >= 4 is 12.0 Å². The van der Waals surface area contributed by atoms with Gasteiger partial charge in [0, 0.05) is 6.54 Å². The van der Waals surface area contributed by atoms with Crippen LogP contribution in [-0.2, 0) is 4.79 Å². The minimum absolute atomic E-state index is 0.0819. The van der Waals surface area contributed by atoms with Crippen LogP contribution in [0.25, 0.3) is 0 Å². The van der Waals surface area contributed by atoms with Crippen molar-refractivity contribution in [1.82, 2.24) is 15.5 Å². The van der Waals surface area contributed by atoms with Crippen molar-refractivity contribution in [2.75, 3.05) is 26.7 Å². The van der Waals surface area contributed by atoms with Gasteiger partial charge in [-0.15, -0.1) is 0 Å². The molecule has 20 heavy (non-hydrogen) atoms. The summed E-state index contributed by atoms with van der Waals surface area (Å²) < 4.78 is 0. The quantitative estimate of drug-likeness (QED) is 0.683. The first kappa shape index (κ1) is 16.8. The van der Waals surface area contributed by atoms with Gasteiger partial charge in [-0.3, -0.25) is 0 Å². The third kappa shape index (κ3) is 5.36. The summed E-state index contributed by atoms with van der Waals surface area (Å²) in [7, 11) is 2.10. The van der Waals surface area contributed by atoms with Gasteiger partial charge in [-0.2, -0.15) is 0 Å². The number of hydrogen-bond acceptors (Lipinski definition) is 3. The van der Waals surface area contributed by atoms with Gasteiger partial charge in [0.1, 0.15) is 6.04 Å². The number of urea groups is 1. The third-order valence-electron chi connectivity index (χ3n) is 4.16. The Hall–Kier alpha value is -1.30. The van der Waals surface area contributed by atoms with E-state index < -0.39 is 12.0 Å². The Bertz CT molecular complexity index is 328. The number of carbonyl (C=O) groups excluding carboxylic acids is 1. The zero-order chi connectivity index (χ0) is 15.1. The van der Waals surface area contributed by atoms with E-state index in [0.29, 0.717) is 18.9 Å². The number of hydrogen-bond donors (Lipinski definition) is 3. The Labute approximate surface area is 120 Å². The van der Waals surface area contributed by atoms with Gasteiger partial charge in [0.15, 0.2) is 0 Å². The normalized spacial score (nSPS) is 20.1. The van der Waals surface area contributed by atoms with E-state index in [1.807, 2.05) is 13.8 Å². The highest BCUT2D eigenvalue weighted by atomic mass is 16.4. The second-order valence-electron chi connectivity index (χ2n) is 5.80. The lowest BCUT2D eigenvalue weighted by molar-refractivity contribution is -0.140. The van der Waals surface area contributed by atoms with E-state index in [0.717, 1.165) is 25.9 Å². The molecule has 0 aromatic carbocycles. The first-order valence-electron chi connectivity index (χ1n) is 7.39. The number of carboxylic acids is 1. The Morgan fingerprint density at radius 1 is 1.35 bits per heavy atom. The van der Waals surface area contributed by atoms with E-state index in [-0.39, 0.29) is 11.9 Å². The van der Waals surface area contributed by atoms with Crippen molar-refractivity contribution in [2.24, 2.45) is 11.8 Å². The van der Waals surface area contributed by atoms with Crippen molar-refractivity contribution < 1.29 is 14.7 Å². The summed E-state index contributed by atoms with van der Waals surface area (Å²) in [4.78, 5) is 25.2. The van der Waals surface area contributed by atoms with Crippen LogP contribution < -0.4 is 10.6 Å². The minimum Gasteiger partial charge on any atom is -0.480 e. The van der Waals surface area contributed by atoms with E-state index in [1.54, 1.807) is 0 Å². The van der Waals surface area contributed by atoms with Crippen molar-refractivity contribution in [3.8, 4) is 0 Å². The summed E-state index contributed by atoms with van der Waals surface area (Å²) in [5, 5.41) is 14.5. The maximum atomic E-state index is 11.8. The molecule has 1 heterocycles. The number of aliphatic carboxylic acids is 1. The molecule has 0 radical (unpaired) electrons. The summed E-state index contributed by atoms with van der Waals surface area (Å²) in [5.41, 5.74) is 0. The molecule has 6 nitrogen and oxygen atoms in total. The minimum atomic E-state index is -0.978. The molecule has 116 valence electrons. The molecule has 1 rings (SSSR count). The molecule has 2 atom stereocenters. The smallest absolute Gasteiger partial charge is 0.326 e. The second kappa shape index (κ2) is 8.09. The van der Waals surface area contributed by atoms with Crippen LogP contribution in [0.4, 0.5) is 4.79 Å². The number of nitrogens with one attached hydrogen (secondary N) is 2. The van der Waals surface area contributed by atoms with Crippen molar-refractivity contribution in [2.45, 2.75) is 39.2 Å². The van der Waals surface area contributed by atoms with Crippen LogP contribution in [0.15, 0.2) is 0 Å². The number of carboxylic acid groups (broad SMARTS) is 1. The monoisotopic (exact) mass is 285 g/mol. The molecule has 1 aliphatic heterocycles. The predicted molar refractivity (Wildman–Crippen MR) is 77.6 cm³/mol. The molecule has 0 aliphatic carbocycles. The maximum Gasteiger partial charge on any atom is 0.326 e. The van der Waals surface area contributed by atoms with Crippen molar-refractivity contribution in [3.05, 3.63) is 0 Å². The molecule has 1 fully saturated rings. The Balaban J connectivity index is 2.33. The zero-order valence-corrected chi connectivity index (χ0v) is 12.7. The van der Waals surface area contributed by atoms with Crippen LogP contribution in [-0.4, -0.2) is 54.7 Å². The fourth-order valence-corrected chi connectivity index (χ4v) is 2.38. The molecule has 2 amide bonds. The fourth-order valence-electron chi connectivity index (χ4n) is 2.38. The number of carbonyl (C=O) groups is 2. The standard InChI is InChI=1S/C14H27N3O3/c1-4-10(2)12(13(18)19)16-14(20)15-9-11-5-7-17(3)8-6-11/h10-12H,4-9H2,1-3H3,(H,18,19)(H2,15,16,20)/t10-,12-/m0/s1. The summed E-state index contributed by atoms with van der Waals surface area (Å²) in [6, 6.07) is -1.20. The summed E-state index contributed by atoms with van der Waals surface area (Å²) in [5.74, 6) is -0.570. The number of likely N-dealkylation sites (tertiary alicyclic amines) is 1. The van der Waals surface area contributed by atoms with Crippen LogP contribution in [0.5, 0.6) is 0 Å². The number of piperidine rings is 1. The molecule has 0 bridgehead atoms. The molecule has 1 aliphatic rings. The third-order valence-corrected chi connectivity index (χ3v) is 4.16. The lowest BCUT2D eigenvalue weighted by atomic mass is 9.97. The highest BCUT2D eigenvalue weighted by Crippen LogP contribution is 2.14. The van der Waals surface area contributed by atoms with Crippen LogP contribution >= 0.6 is 0 Å². The molecule has 1 saturated heterocycles. The molecule has 0 spiro atoms. The summed E-state index contributed by atoms with van der Waals surface area (Å²) in [6.07, 6.45) is 2.86. The largest absolute Gasteiger partial charge is 0.480 e. The van der Waals surface area contributed by atoms with E-state index in [1.165, 1.54) is 0 Å². The maximum absolute atomic E-state index is 11.8. The molecular formula is C14H27N3O3. The van der Waals surface area contributed by atoms with E-state index in [2.05, 4.69) is 22.6 Å². The van der Waals surface area contributed by atoms with Gasteiger partial charge < -0.3 is 20.6 Å². The topological polar surface area (TPSA) is 81.7 Å². The molecule has 0 saturated carbocycles. The van der Waals surface area contributed by atoms with Gasteiger partial charge in [0.05, 0.1) is 0 Å². The Kier molecular flexibility index (Phi) is 6.78. The van der Waals surface area contributed by atoms with E-state index in [4.69, 9.17) is 5.11 Å². The Morgan fingerprint density at radius 2 is 1.95 bits per heavy atom. The molecular weight excluding hydrogens is 258 g/mol. The zero-order valence-electron chi connectivity index (χ0n) is 12.7. The van der Waals surface area contributed by atoms with Gasteiger partial charge in [0.2, 0.25) is 0 Å². The van der Waals surface area contributed by atoms with Crippen molar-refractivity contribution in [3.63, 3.8) is 0 Å². The fraction of sp³-hybridized carbons (Fsp3) is 0.857. The first-order valence-corrected chi connectivity index (χ1v) is 7.39. The van der Waals surface area contributed by atoms with Gasteiger partial charge >= 0.3 is 12.0 Å². The highest BCUT2D eigenvalue weighted by Gasteiger charge is 2.25. The van der Waals surface area contributed by atoms with Gasteiger partial charge in [0.25, 0.3) is 0 Å².